The van der Waals surface area contributed by atoms with Crippen LogP contribution in [0, 0.1) is 0 Å². The van der Waals surface area contributed by atoms with E-state index in [1.165, 1.54) is 11.6 Å². The van der Waals surface area contributed by atoms with Gasteiger partial charge in [0, 0.05) is 17.3 Å². The molecular weight excluding hydrogens is 470 g/mol. The first-order valence-electron chi connectivity index (χ1n) is 11.5. The summed E-state index contributed by atoms with van der Waals surface area (Å²) in [5, 5.41) is 3.44. The molecule has 0 spiro atoms. The number of rotatable bonds is 6. The van der Waals surface area contributed by atoms with E-state index in [0.717, 1.165) is 5.39 Å². The first-order valence-corrected chi connectivity index (χ1v) is 13.0. The summed E-state index contributed by atoms with van der Waals surface area (Å²) in [7, 11) is -3.89. The molecule has 2 aliphatic rings. The summed E-state index contributed by atoms with van der Waals surface area (Å²) >= 11 is 0. The van der Waals surface area contributed by atoms with Crippen LogP contribution in [0.5, 0.6) is 0 Å². The van der Waals surface area contributed by atoms with E-state index in [4.69, 9.17) is 14.2 Å². The van der Waals surface area contributed by atoms with E-state index in [2.05, 4.69) is 28.9 Å². The molecule has 184 valence electrons. The third-order valence-corrected chi connectivity index (χ3v) is 7.80. The van der Waals surface area contributed by atoms with Crippen molar-refractivity contribution in [3.63, 3.8) is 0 Å². The predicted octanol–water partition coefficient (Wildman–Crippen LogP) is 3.42. The Balaban J connectivity index is 1.22. The Labute approximate surface area is 203 Å². The second-order valence-electron chi connectivity index (χ2n) is 9.00. The van der Waals surface area contributed by atoms with Gasteiger partial charge in [0.05, 0.1) is 24.8 Å². The van der Waals surface area contributed by atoms with Crippen molar-refractivity contribution in [1.82, 2.24) is 9.71 Å². The standard InChI is InChI=1S/C25H27N3O6S/c1-15(2)16-8-10-18(11-9-16)27-25(29)34-20-14-33-23-19(13-32-24(20)23)28-35(30,31)21-7-3-5-17-6-4-12-26-22(17)21/h3-12,15,19-20,23-24,28H,13-14H2,1-2H3,(H,27,29)/t19-,20+,23+,24+/m0/s1. The largest absolute Gasteiger partial charge is 0.441 e. The number of amides is 1. The number of ether oxygens (including phenoxy) is 3. The number of fused-ring (bicyclic) bond motifs is 2. The van der Waals surface area contributed by atoms with Crippen molar-refractivity contribution in [3.8, 4) is 0 Å². The van der Waals surface area contributed by atoms with Gasteiger partial charge < -0.3 is 14.2 Å². The zero-order valence-electron chi connectivity index (χ0n) is 19.4. The lowest BCUT2D eigenvalue weighted by atomic mass is 10.0. The average molecular weight is 498 g/mol. The molecule has 1 amide bonds. The highest BCUT2D eigenvalue weighted by Crippen LogP contribution is 2.31. The van der Waals surface area contributed by atoms with Crippen LogP contribution < -0.4 is 10.0 Å². The molecule has 2 saturated heterocycles. The van der Waals surface area contributed by atoms with Gasteiger partial charge in [-0.2, -0.15) is 0 Å². The summed E-state index contributed by atoms with van der Waals surface area (Å²) in [6.45, 7) is 4.41. The van der Waals surface area contributed by atoms with Crippen molar-refractivity contribution < 1.29 is 27.4 Å². The van der Waals surface area contributed by atoms with Gasteiger partial charge in [-0.15, -0.1) is 0 Å². The van der Waals surface area contributed by atoms with Crippen LogP contribution >= 0.6 is 0 Å². The zero-order chi connectivity index (χ0) is 24.6. The minimum atomic E-state index is -3.89. The predicted molar refractivity (Wildman–Crippen MR) is 130 cm³/mol. The minimum absolute atomic E-state index is 0.0905. The maximum absolute atomic E-state index is 13.2. The van der Waals surface area contributed by atoms with Crippen molar-refractivity contribution >= 4 is 32.7 Å². The molecule has 4 atom stereocenters. The van der Waals surface area contributed by atoms with Crippen LogP contribution in [-0.4, -0.2) is 57.1 Å². The Morgan fingerprint density at radius 3 is 2.54 bits per heavy atom. The summed E-state index contributed by atoms with van der Waals surface area (Å²) in [5.74, 6) is 0.394. The molecule has 9 nitrogen and oxygen atoms in total. The van der Waals surface area contributed by atoms with Crippen LogP contribution in [-0.2, 0) is 24.2 Å². The number of nitrogens with zero attached hydrogens (tertiary/aromatic N) is 1. The summed E-state index contributed by atoms with van der Waals surface area (Å²) in [6, 6.07) is 15.5. The zero-order valence-corrected chi connectivity index (χ0v) is 20.2. The van der Waals surface area contributed by atoms with Gasteiger partial charge in [0.15, 0.2) is 6.10 Å². The Bertz CT molecular complexity index is 1320. The van der Waals surface area contributed by atoms with Gasteiger partial charge in [-0.3, -0.25) is 10.3 Å². The molecule has 5 rings (SSSR count). The number of hydrogen-bond acceptors (Lipinski definition) is 7. The monoisotopic (exact) mass is 497 g/mol. The molecule has 2 aliphatic heterocycles. The Morgan fingerprint density at radius 1 is 1.03 bits per heavy atom. The second kappa shape index (κ2) is 9.54. The number of carbonyl (C=O) groups excluding carboxylic acids is 1. The highest BCUT2D eigenvalue weighted by molar-refractivity contribution is 7.89. The molecule has 2 N–H and O–H groups in total. The highest BCUT2D eigenvalue weighted by atomic mass is 32.2. The van der Waals surface area contributed by atoms with Gasteiger partial charge >= 0.3 is 6.09 Å². The number of para-hydroxylation sites is 1. The van der Waals surface area contributed by atoms with E-state index in [9.17, 15) is 13.2 Å². The fourth-order valence-corrected chi connectivity index (χ4v) is 5.87. The molecule has 2 fully saturated rings. The summed E-state index contributed by atoms with van der Waals surface area (Å²) in [4.78, 5) is 16.8. The quantitative estimate of drug-likeness (QED) is 0.536. The van der Waals surface area contributed by atoms with E-state index in [1.54, 1.807) is 18.3 Å². The van der Waals surface area contributed by atoms with Crippen molar-refractivity contribution in [2.75, 3.05) is 18.5 Å². The van der Waals surface area contributed by atoms with Crippen LogP contribution in [0.25, 0.3) is 10.9 Å². The van der Waals surface area contributed by atoms with Crippen LogP contribution in [0.3, 0.4) is 0 Å². The number of benzene rings is 2. The van der Waals surface area contributed by atoms with Crippen LogP contribution in [0.15, 0.2) is 65.7 Å². The molecule has 3 aromatic rings. The number of carbonyl (C=O) groups is 1. The summed E-state index contributed by atoms with van der Waals surface area (Å²) in [5.41, 5.74) is 2.18. The number of hydrogen-bond donors (Lipinski definition) is 2. The topological polar surface area (TPSA) is 116 Å². The molecular formula is C25H27N3O6S. The van der Waals surface area contributed by atoms with Crippen molar-refractivity contribution in [2.24, 2.45) is 0 Å². The van der Waals surface area contributed by atoms with Crippen LogP contribution in [0.2, 0.25) is 0 Å². The molecule has 1 aromatic heterocycles. The molecule has 0 radical (unpaired) electrons. The normalized spacial score (nSPS) is 24.0. The highest BCUT2D eigenvalue weighted by Gasteiger charge is 2.50. The smallest absolute Gasteiger partial charge is 0.412 e. The van der Waals surface area contributed by atoms with Crippen LogP contribution in [0.1, 0.15) is 25.3 Å². The molecule has 3 heterocycles. The fraction of sp³-hybridized carbons (Fsp3) is 0.360. The Kier molecular flexibility index (Phi) is 6.45. The number of sulfonamides is 1. The van der Waals surface area contributed by atoms with E-state index in [-0.39, 0.29) is 18.1 Å². The van der Waals surface area contributed by atoms with Crippen molar-refractivity contribution in [1.29, 1.82) is 0 Å². The van der Waals surface area contributed by atoms with Gasteiger partial charge in [0.25, 0.3) is 0 Å². The maximum Gasteiger partial charge on any atom is 0.412 e. The lowest BCUT2D eigenvalue weighted by Crippen LogP contribution is -2.44. The van der Waals surface area contributed by atoms with Gasteiger partial charge in [0.1, 0.15) is 17.1 Å². The molecule has 0 saturated carbocycles. The summed E-state index contributed by atoms with van der Waals surface area (Å²) in [6.07, 6.45) is -0.852. The molecule has 10 heteroatoms. The first kappa shape index (κ1) is 23.7. The lowest BCUT2D eigenvalue weighted by molar-refractivity contribution is 0.00883. The molecule has 0 aliphatic carbocycles. The Morgan fingerprint density at radius 2 is 1.77 bits per heavy atom. The molecule has 35 heavy (non-hydrogen) atoms. The second-order valence-corrected chi connectivity index (χ2v) is 10.7. The number of anilines is 1. The number of aromatic nitrogens is 1. The molecule has 0 unspecified atom stereocenters. The van der Waals surface area contributed by atoms with E-state index >= 15 is 0 Å². The summed E-state index contributed by atoms with van der Waals surface area (Å²) < 4.78 is 46.1. The van der Waals surface area contributed by atoms with Gasteiger partial charge in [0.2, 0.25) is 10.0 Å². The van der Waals surface area contributed by atoms with E-state index in [0.29, 0.717) is 17.1 Å². The SMILES string of the molecule is CC(C)c1ccc(NC(=O)O[C@@H]2CO[C@H]3[C@@H]2OC[C@@H]3NS(=O)(=O)c2cccc3cccnc23)cc1. The average Bonchev–Trinajstić information content (AvgIpc) is 3.42. The van der Waals surface area contributed by atoms with Gasteiger partial charge in [-0.1, -0.05) is 44.2 Å². The molecule has 2 aromatic carbocycles. The maximum atomic E-state index is 13.2. The third-order valence-electron chi connectivity index (χ3n) is 6.28. The minimum Gasteiger partial charge on any atom is -0.441 e. The van der Waals surface area contributed by atoms with E-state index in [1.807, 2.05) is 36.4 Å². The van der Waals surface area contributed by atoms with E-state index < -0.39 is 40.5 Å². The van der Waals surface area contributed by atoms with Crippen LogP contribution in [0.4, 0.5) is 10.5 Å². The lowest BCUT2D eigenvalue weighted by Gasteiger charge is -2.18. The fourth-order valence-electron chi connectivity index (χ4n) is 4.46. The third kappa shape index (κ3) is 4.87. The van der Waals surface area contributed by atoms with Gasteiger partial charge in [-0.25, -0.2) is 17.9 Å². The van der Waals surface area contributed by atoms with Crippen molar-refractivity contribution in [2.45, 2.75) is 49.0 Å². The number of pyridine rings is 1. The number of nitrogens with one attached hydrogen (secondary N) is 2. The van der Waals surface area contributed by atoms with Crippen molar-refractivity contribution in [3.05, 3.63) is 66.4 Å². The molecule has 0 bridgehead atoms. The van der Waals surface area contributed by atoms with Gasteiger partial charge in [-0.05, 0) is 35.7 Å². The Hall–Kier alpha value is -3.05. The first-order chi connectivity index (χ1) is 16.8.